The van der Waals surface area contributed by atoms with Crippen LogP contribution >= 0.6 is 0 Å². The molecule has 0 radical (unpaired) electrons. The third kappa shape index (κ3) is 3.73. The number of hydrogen-bond acceptors (Lipinski definition) is 2. The van der Waals surface area contributed by atoms with Gasteiger partial charge in [0.15, 0.2) is 0 Å². The van der Waals surface area contributed by atoms with E-state index in [4.69, 9.17) is 5.11 Å². The van der Waals surface area contributed by atoms with Crippen LogP contribution in [0.4, 0.5) is 5.69 Å². The Morgan fingerprint density at radius 3 is 2.31 bits per heavy atom. The van der Waals surface area contributed by atoms with Crippen molar-refractivity contribution in [2.45, 2.75) is 26.2 Å². The van der Waals surface area contributed by atoms with Gasteiger partial charge in [-0.2, -0.15) is 0 Å². The van der Waals surface area contributed by atoms with Crippen LogP contribution in [0.2, 0.25) is 0 Å². The fraction of sp³-hybridized carbons (Fsp3) is 0.333. The molecule has 0 aromatic heterocycles. The summed E-state index contributed by atoms with van der Waals surface area (Å²) in [4.78, 5) is 21.3. The van der Waals surface area contributed by atoms with E-state index in [2.05, 4.69) is 5.32 Å². The lowest BCUT2D eigenvalue weighted by Crippen LogP contribution is -2.06. The van der Waals surface area contributed by atoms with Gasteiger partial charge in [-0.3, -0.25) is 9.59 Å². The number of carboxylic acid groups (broad SMARTS) is 1. The topological polar surface area (TPSA) is 66.4 Å². The molecule has 1 rings (SSSR count). The number of aliphatic carboxylic acids is 1. The summed E-state index contributed by atoms with van der Waals surface area (Å²) in [5.74, 6) is -0.950. The average Bonchev–Trinajstić information content (AvgIpc) is 2.16. The third-order valence-corrected chi connectivity index (χ3v) is 2.28. The summed E-state index contributed by atoms with van der Waals surface area (Å²) in [7, 11) is 0. The van der Waals surface area contributed by atoms with Gasteiger partial charge in [0, 0.05) is 12.6 Å². The molecule has 0 aliphatic carbocycles. The van der Waals surface area contributed by atoms with Gasteiger partial charge < -0.3 is 10.4 Å². The summed E-state index contributed by atoms with van der Waals surface area (Å²) in [5, 5.41) is 11.3. The van der Waals surface area contributed by atoms with Crippen molar-refractivity contribution in [1.82, 2.24) is 0 Å². The molecule has 0 aliphatic heterocycles. The summed E-state index contributed by atoms with van der Waals surface area (Å²) in [6.45, 7) is 3.31. The maximum Gasteiger partial charge on any atom is 0.303 e. The Morgan fingerprint density at radius 1 is 1.31 bits per heavy atom. The van der Waals surface area contributed by atoms with E-state index in [9.17, 15) is 9.59 Å². The highest BCUT2D eigenvalue weighted by Gasteiger charge is 2.09. The van der Waals surface area contributed by atoms with Gasteiger partial charge in [-0.1, -0.05) is 19.1 Å². The van der Waals surface area contributed by atoms with Crippen LogP contribution in [0.15, 0.2) is 24.3 Å². The first-order valence-electron chi connectivity index (χ1n) is 5.08. The van der Waals surface area contributed by atoms with Crippen molar-refractivity contribution >= 4 is 17.6 Å². The highest BCUT2D eigenvalue weighted by Crippen LogP contribution is 2.20. The number of anilines is 1. The SMILES string of the molecule is CC(=O)Nc1ccc(C(C)CC(=O)O)cc1. The average molecular weight is 221 g/mol. The number of hydrogen-bond donors (Lipinski definition) is 2. The molecule has 4 heteroatoms. The summed E-state index contributed by atoms with van der Waals surface area (Å²) in [6, 6.07) is 7.21. The van der Waals surface area contributed by atoms with Gasteiger partial charge in [0.25, 0.3) is 0 Å². The van der Waals surface area contributed by atoms with Crippen LogP contribution in [0.3, 0.4) is 0 Å². The van der Waals surface area contributed by atoms with E-state index >= 15 is 0 Å². The molecule has 2 N–H and O–H groups in total. The molecule has 0 aliphatic rings. The minimum atomic E-state index is -0.807. The molecule has 86 valence electrons. The van der Waals surface area contributed by atoms with E-state index in [1.165, 1.54) is 6.92 Å². The van der Waals surface area contributed by atoms with E-state index in [1.54, 1.807) is 12.1 Å². The fourth-order valence-electron chi connectivity index (χ4n) is 1.48. The Bertz CT molecular complexity index is 384. The molecular weight excluding hydrogens is 206 g/mol. The van der Waals surface area contributed by atoms with Crippen molar-refractivity contribution in [3.05, 3.63) is 29.8 Å². The van der Waals surface area contributed by atoms with Crippen LogP contribution in [-0.2, 0) is 9.59 Å². The predicted molar refractivity (Wildman–Crippen MR) is 61.4 cm³/mol. The molecule has 4 nitrogen and oxygen atoms in total. The Kier molecular flexibility index (Phi) is 4.05. The van der Waals surface area contributed by atoms with Crippen LogP contribution in [0.1, 0.15) is 31.7 Å². The van der Waals surface area contributed by atoms with Gasteiger partial charge in [-0.15, -0.1) is 0 Å². The Morgan fingerprint density at radius 2 is 1.88 bits per heavy atom. The number of benzene rings is 1. The molecule has 1 aromatic rings. The second kappa shape index (κ2) is 5.30. The van der Waals surface area contributed by atoms with Gasteiger partial charge >= 0.3 is 5.97 Å². The van der Waals surface area contributed by atoms with Crippen LogP contribution in [0.5, 0.6) is 0 Å². The van der Waals surface area contributed by atoms with E-state index in [-0.39, 0.29) is 18.2 Å². The minimum absolute atomic E-state index is 0.0242. The highest BCUT2D eigenvalue weighted by atomic mass is 16.4. The standard InChI is InChI=1S/C12H15NO3/c1-8(7-12(15)16)10-3-5-11(6-4-10)13-9(2)14/h3-6,8H,7H2,1-2H3,(H,13,14)(H,15,16). The molecule has 16 heavy (non-hydrogen) atoms. The summed E-state index contributed by atoms with van der Waals surface area (Å²) in [6.07, 6.45) is 0.111. The second-order valence-corrected chi connectivity index (χ2v) is 3.80. The second-order valence-electron chi connectivity index (χ2n) is 3.80. The minimum Gasteiger partial charge on any atom is -0.481 e. The molecule has 0 saturated heterocycles. The van der Waals surface area contributed by atoms with Crippen molar-refractivity contribution < 1.29 is 14.7 Å². The zero-order valence-electron chi connectivity index (χ0n) is 9.36. The van der Waals surface area contributed by atoms with Crippen LogP contribution in [-0.4, -0.2) is 17.0 Å². The molecule has 1 unspecified atom stereocenters. The van der Waals surface area contributed by atoms with Crippen molar-refractivity contribution in [2.24, 2.45) is 0 Å². The normalized spacial score (nSPS) is 11.9. The molecule has 0 bridgehead atoms. The molecule has 0 heterocycles. The number of carbonyl (C=O) groups is 2. The predicted octanol–water partition coefficient (Wildman–Crippen LogP) is 2.22. The Balaban J connectivity index is 2.70. The van der Waals surface area contributed by atoms with Gasteiger partial charge in [0.1, 0.15) is 0 Å². The van der Waals surface area contributed by atoms with Gasteiger partial charge in [-0.25, -0.2) is 0 Å². The molecule has 1 atom stereocenters. The van der Waals surface area contributed by atoms with E-state index in [1.807, 2.05) is 19.1 Å². The lowest BCUT2D eigenvalue weighted by molar-refractivity contribution is -0.137. The zero-order valence-corrected chi connectivity index (χ0v) is 9.36. The van der Waals surface area contributed by atoms with Crippen LogP contribution in [0, 0.1) is 0 Å². The maximum atomic E-state index is 10.8. The van der Waals surface area contributed by atoms with Crippen molar-refractivity contribution in [1.29, 1.82) is 0 Å². The van der Waals surface area contributed by atoms with Crippen LogP contribution in [0.25, 0.3) is 0 Å². The monoisotopic (exact) mass is 221 g/mol. The van der Waals surface area contributed by atoms with Crippen molar-refractivity contribution in [3.63, 3.8) is 0 Å². The number of amides is 1. The van der Waals surface area contributed by atoms with Crippen molar-refractivity contribution in [2.75, 3.05) is 5.32 Å². The summed E-state index contributed by atoms with van der Waals surface area (Å²) in [5.41, 5.74) is 1.68. The lowest BCUT2D eigenvalue weighted by atomic mass is 9.98. The first-order chi connectivity index (χ1) is 7.49. The largest absolute Gasteiger partial charge is 0.481 e. The molecule has 0 spiro atoms. The Labute approximate surface area is 94.3 Å². The van der Waals surface area contributed by atoms with Gasteiger partial charge in [-0.05, 0) is 23.6 Å². The quantitative estimate of drug-likeness (QED) is 0.819. The fourth-order valence-corrected chi connectivity index (χ4v) is 1.48. The smallest absolute Gasteiger partial charge is 0.303 e. The van der Waals surface area contributed by atoms with E-state index < -0.39 is 5.97 Å². The molecule has 0 saturated carbocycles. The molecule has 0 fully saturated rings. The summed E-state index contributed by atoms with van der Waals surface area (Å²) < 4.78 is 0. The molecule has 1 amide bonds. The van der Waals surface area contributed by atoms with E-state index in [0.717, 1.165) is 11.3 Å². The first-order valence-corrected chi connectivity index (χ1v) is 5.08. The highest BCUT2D eigenvalue weighted by molar-refractivity contribution is 5.88. The molecule has 1 aromatic carbocycles. The third-order valence-electron chi connectivity index (χ3n) is 2.28. The van der Waals surface area contributed by atoms with E-state index in [0.29, 0.717) is 0 Å². The first kappa shape index (κ1) is 12.2. The molecular formula is C12H15NO3. The van der Waals surface area contributed by atoms with Crippen molar-refractivity contribution in [3.8, 4) is 0 Å². The number of rotatable bonds is 4. The number of carbonyl (C=O) groups excluding carboxylic acids is 1. The van der Waals surface area contributed by atoms with Crippen LogP contribution < -0.4 is 5.32 Å². The Hall–Kier alpha value is -1.84. The number of carboxylic acids is 1. The van der Waals surface area contributed by atoms with Gasteiger partial charge in [0.2, 0.25) is 5.91 Å². The number of nitrogens with one attached hydrogen (secondary N) is 1. The maximum absolute atomic E-state index is 10.8. The summed E-state index contributed by atoms with van der Waals surface area (Å²) >= 11 is 0. The van der Waals surface area contributed by atoms with Gasteiger partial charge in [0.05, 0.1) is 6.42 Å². The lowest BCUT2D eigenvalue weighted by Gasteiger charge is -2.10. The zero-order chi connectivity index (χ0) is 12.1.